The third-order valence-electron chi connectivity index (χ3n) is 1.26. The zero-order valence-corrected chi connectivity index (χ0v) is 6.80. The molecule has 0 spiro atoms. The molecule has 0 radical (unpaired) electrons. The van der Waals surface area contributed by atoms with Crippen LogP contribution in [0.2, 0.25) is 0 Å². The van der Waals surface area contributed by atoms with Crippen molar-refractivity contribution in [3.05, 3.63) is 11.0 Å². The molecule has 8 heavy (non-hydrogen) atoms. The van der Waals surface area contributed by atoms with Gasteiger partial charge in [0.25, 0.3) is 0 Å². The standard InChI is InChI=1S/C6H10S2/c1-4-3-6(7)5(2)8-4/h3,5-7H,1-2H3. The van der Waals surface area contributed by atoms with Crippen molar-refractivity contribution in [3.8, 4) is 0 Å². The maximum Gasteiger partial charge on any atom is 0.0327 e. The lowest BCUT2D eigenvalue weighted by atomic mass is 10.3. The van der Waals surface area contributed by atoms with E-state index in [0.717, 1.165) is 0 Å². The van der Waals surface area contributed by atoms with Gasteiger partial charge in [-0.25, -0.2) is 0 Å². The molecule has 0 fully saturated rings. The fourth-order valence-electron chi connectivity index (χ4n) is 0.778. The van der Waals surface area contributed by atoms with Crippen molar-refractivity contribution in [1.82, 2.24) is 0 Å². The molecule has 0 nitrogen and oxygen atoms in total. The summed E-state index contributed by atoms with van der Waals surface area (Å²) in [6.45, 7) is 4.34. The molecule has 1 aliphatic rings. The van der Waals surface area contributed by atoms with Gasteiger partial charge >= 0.3 is 0 Å². The predicted molar refractivity (Wildman–Crippen MR) is 43.6 cm³/mol. The van der Waals surface area contributed by atoms with Crippen LogP contribution in [-0.2, 0) is 0 Å². The Morgan fingerprint density at radius 2 is 2.38 bits per heavy atom. The van der Waals surface area contributed by atoms with Crippen molar-refractivity contribution in [1.29, 1.82) is 0 Å². The predicted octanol–water partition coefficient (Wildman–Crippen LogP) is 2.32. The Labute approximate surface area is 60.1 Å². The minimum absolute atomic E-state index is 0.486. The van der Waals surface area contributed by atoms with Gasteiger partial charge in [0, 0.05) is 10.5 Å². The van der Waals surface area contributed by atoms with Gasteiger partial charge in [-0.2, -0.15) is 12.6 Å². The molecular weight excluding hydrogens is 136 g/mol. The van der Waals surface area contributed by atoms with Crippen molar-refractivity contribution in [2.75, 3.05) is 0 Å². The van der Waals surface area contributed by atoms with Crippen LogP contribution in [-0.4, -0.2) is 10.5 Å². The van der Waals surface area contributed by atoms with E-state index in [0.29, 0.717) is 10.5 Å². The minimum Gasteiger partial charge on any atom is -0.171 e. The summed E-state index contributed by atoms with van der Waals surface area (Å²) in [4.78, 5) is 1.41. The van der Waals surface area contributed by atoms with E-state index >= 15 is 0 Å². The summed E-state index contributed by atoms with van der Waals surface area (Å²) in [5.41, 5.74) is 0. The van der Waals surface area contributed by atoms with E-state index in [1.807, 2.05) is 11.8 Å². The van der Waals surface area contributed by atoms with Crippen molar-refractivity contribution in [3.63, 3.8) is 0 Å². The normalized spacial score (nSPS) is 37.6. The van der Waals surface area contributed by atoms with Crippen LogP contribution in [0.3, 0.4) is 0 Å². The third kappa shape index (κ3) is 1.23. The van der Waals surface area contributed by atoms with Gasteiger partial charge in [0.05, 0.1) is 0 Å². The Bertz CT molecular complexity index is 118. The number of allylic oxidation sites excluding steroid dienone is 1. The van der Waals surface area contributed by atoms with Crippen LogP contribution in [0.5, 0.6) is 0 Å². The van der Waals surface area contributed by atoms with Crippen molar-refractivity contribution < 1.29 is 0 Å². The first-order valence-electron chi connectivity index (χ1n) is 2.73. The molecule has 0 saturated heterocycles. The molecule has 0 N–H and O–H groups in total. The highest BCUT2D eigenvalue weighted by Crippen LogP contribution is 2.33. The van der Waals surface area contributed by atoms with Crippen molar-refractivity contribution in [2.24, 2.45) is 0 Å². The van der Waals surface area contributed by atoms with Gasteiger partial charge in [0.2, 0.25) is 0 Å². The molecular formula is C6H10S2. The SMILES string of the molecule is CC1=CC(S)C(C)S1. The molecule has 2 atom stereocenters. The van der Waals surface area contributed by atoms with Crippen LogP contribution in [0.4, 0.5) is 0 Å². The molecule has 0 amide bonds. The monoisotopic (exact) mass is 146 g/mol. The minimum atomic E-state index is 0.486. The summed E-state index contributed by atoms with van der Waals surface area (Å²) < 4.78 is 0. The van der Waals surface area contributed by atoms with Crippen LogP contribution in [0.15, 0.2) is 11.0 Å². The largest absolute Gasteiger partial charge is 0.171 e. The molecule has 2 heteroatoms. The van der Waals surface area contributed by atoms with Crippen LogP contribution >= 0.6 is 24.4 Å². The van der Waals surface area contributed by atoms with Gasteiger partial charge in [-0.05, 0) is 11.8 Å². The van der Waals surface area contributed by atoms with Crippen LogP contribution < -0.4 is 0 Å². The molecule has 2 unspecified atom stereocenters. The maximum atomic E-state index is 4.35. The number of thiol groups is 1. The van der Waals surface area contributed by atoms with Gasteiger partial charge in [-0.3, -0.25) is 0 Å². The lowest BCUT2D eigenvalue weighted by Gasteiger charge is -2.03. The molecule has 0 aliphatic carbocycles. The van der Waals surface area contributed by atoms with Gasteiger partial charge in [0.1, 0.15) is 0 Å². The van der Waals surface area contributed by atoms with E-state index in [-0.39, 0.29) is 0 Å². The summed E-state index contributed by atoms with van der Waals surface area (Å²) in [7, 11) is 0. The van der Waals surface area contributed by atoms with Gasteiger partial charge in [-0.15, -0.1) is 11.8 Å². The van der Waals surface area contributed by atoms with E-state index < -0.39 is 0 Å². The molecule has 1 heterocycles. The number of hydrogen-bond donors (Lipinski definition) is 1. The first kappa shape index (κ1) is 6.56. The fraction of sp³-hybridized carbons (Fsp3) is 0.667. The Morgan fingerprint density at radius 1 is 1.75 bits per heavy atom. The Hall–Kier alpha value is 0.440. The molecule has 0 aromatic rings. The second kappa shape index (κ2) is 2.36. The van der Waals surface area contributed by atoms with Gasteiger partial charge in [0.15, 0.2) is 0 Å². The average Bonchev–Trinajstić information content (AvgIpc) is 1.85. The average molecular weight is 146 g/mol. The quantitative estimate of drug-likeness (QED) is 0.512. The summed E-state index contributed by atoms with van der Waals surface area (Å²) >= 11 is 6.26. The Morgan fingerprint density at radius 3 is 2.50 bits per heavy atom. The highest BCUT2D eigenvalue weighted by Gasteiger charge is 2.17. The van der Waals surface area contributed by atoms with E-state index in [1.165, 1.54) is 4.91 Å². The molecule has 46 valence electrons. The molecule has 1 aliphatic heterocycles. The zero-order chi connectivity index (χ0) is 6.15. The van der Waals surface area contributed by atoms with E-state index in [9.17, 15) is 0 Å². The molecule has 1 rings (SSSR count). The van der Waals surface area contributed by atoms with Crippen LogP contribution in [0.25, 0.3) is 0 Å². The zero-order valence-electron chi connectivity index (χ0n) is 5.09. The molecule has 0 aromatic heterocycles. The van der Waals surface area contributed by atoms with Gasteiger partial charge in [-0.1, -0.05) is 13.0 Å². The van der Waals surface area contributed by atoms with Crippen LogP contribution in [0, 0.1) is 0 Å². The fourth-order valence-corrected chi connectivity index (χ4v) is 2.31. The van der Waals surface area contributed by atoms with Crippen molar-refractivity contribution in [2.45, 2.75) is 24.3 Å². The highest BCUT2D eigenvalue weighted by molar-refractivity contribution is 8.04. The summed E-state index contributed by atoms with van der Waals surface area (Å²) in [6, 6.07) is 0. The summed E-state index contributed by atoms with van der Waals surface area (Å²) in [6.07, 6.45) is 2.21. The second-order valence-electron chi connectivity index (χ2n) is 2.09. The molecule has 0 aromatic carbocycles. The van der Waals surface area contributed by atoms with E-state index in [4.69, 9.17) is 0 Å². The lowest BCUT2D eigenvalue weighted by Crippen LogP contribution is -2.04. The molecule has 0 bridgehead atoms. The molecule has 0 saturated carbocycles. The number of thioether (sulfide) groups is 1. The number of hydrogen-bond acceptors (Lipinski definition) is 2. The third-order valence-corrected chi connectivity index (χ3v) is 3.23. The highest BCUT2D eigenvalue weighted by atomic mass is 32.2. The second-order valence-corrected chi connectivity index (χ2v) is 4.31. The lowest BCUT2D eigenvalue weighted by molar-refractivity contribution is 1.03. The Kier molecular flexibility index (Phi) is 1.93. The van der Waals surface area contributed by atoms with E-state index in [1.54, 1.807) is 0 Å². The summed E-state index contributed by atoms with van der Waals surface area (Å²) in [5.74, 6) is 0. The Balaban J connectivity index is 2.56. The van der Waals surface area contributed by atoms with Crippen molar-refractivity contribution >= 4 is 24.4 Å². The topological polar surface area (TPSA) is 0 Å². The number of rotatable bonds is 0. The van der Waals surface area contributed by atoms with Crippen LogP contribution in [0.1, 0.15) is 13.8 Å². The first-order valence-corrected chi connectivity index (χ1v) is 4.13. The first-order chi connectivity index (χ1) is 3.70. The maximum absolute atomic E-state index is 4.35. The van der Waals surface area contributed by atoms with E-state index in [2.05, 4.69) is 32.6 Å². The smallest absolute Gasteiger partial charge is 0.0327 e. The van der Waals surface area contributed by atoms with Gasteiger partial charge < -0.3 is 0 Å². The summed E-state index contributed by atoms with van der Waals surface area (Å²) in [5, 5.41) is 1.17.